The van der Waals surface area contributed by atoms with Gasteiger partial charge < -0.3 is 5.73 Å². The molecule has 0 bridgehead atoms. The van der Waals surface area contributed by atoms with Crippen molar-refractivity contribution in [2.45, 2.75) is 45.4 Å². The monoisotopic (exact) mass is 219 g/mol. The predicted molar refractivity (Wildman–Crippen MR) is 67.5 cm³/mol. The molecule has 0 saturated heterocycles. The molecule has 1 aromatic carbocycles. The number of nitrogens with two attached hydrogens (primary N) is 1. The van der Waals surface area contributed by atoms with Gasteiger partial charge in [-0.05, 0) is 36.5 Å². The Hall–Kier alpha value is -1.31. The number of carbonyl (C=O) groups is 1. The molecule has 0 atom stereocenters. The van der Waals surface area contributed by atoms with Crippen LogP contribution in [0.2, 0.25) is 0 Å². The van der Waals surface area contributed by atoms with Gasteiger partial charge in [0.25, 0.3) is 0 Å². The first-order chi connectivity index (χ1) is 7.69. The Bertz CT molecular complexity index is 323. The number of benzene rings is 1. The summed E-state index contributed by atoms with van der Waals surface area (Å²) in [6.45, 7) is 4.42. The second kappa shape index (κ2) is 6.31. The van der Waals surface area contributed by atoms with Crippen LogP contribution in [-0.4, -0.2) is 5.91 Å². The minimum Gasteiger partial charge on any atom is -0.366 e. The molecule has 0 spiro atoms. The topological polar surface area (TPSA) is 43.1 Å². The molecule has 1 rings (SSSR count). The zero-order valence-electron chi connectivity index (χ0n) is 10.2. The van der Waals surface area contributed by atoms with Gasteiger partial charge in [0, 0.05) is 5.56 Å². The largest absolute Gasteiger partial charge is 0.366 e. The summed E-state index contributed by atoms with van der Waals surface area (Å²) in [6.07, 6.45) is 4.82. The van der Waals surface area contributed by atoms with E-state index < -0.39 is 0 Å². The number of hydrogen-bond acceptors (Lipinski definition) is 1. The molecule has 2 heteroatoms. The van der Waals surface area contributed by atoms with Crippen LogP contribution in [0, 0.1) is 0 Å². The summed E-state index contributed by atoms with van der Waals surface area (Å²) in [5.41, 5.74) is 7.14. The van der Waals surface area contributed by atoms with Crippen molar-refractivity contribution in [1.29, 1.82) is 0 Å². The molecular formula is C14H21NO. The lowest BCUT2D eigenvalue weighted by Crippen LogP contribution is -2.10. The Morgan fingerprint density at radius 2 is 1.62 bits per heavy atom. The highest BCUT2D eigenvalue weighted by molar-refractivity contribution is 5.92. The van der Waals surface area contributed by atoms with E-state index in [4.69, 9.17) is 5.73 Å². The van der Waals surface area contributed by atoms with Crippen molar-refractivity contribution in [2.75, 3.05) is 0 Å². The molecule has 16 heavy (non-hydrogen) atoms. The van der Waals surface area contributed by atoms with Crippen LogP contribution in [0.1, 0.15) is 61.4 Å². The second-order valence-electron chi connectivity index (χ2n) is 4.26. The summed E-state index contributed by atoms with van der Waals surface area (Å²) in [4.78, 5) is 11.0. The zero-order chi connectivity index (χ0) is 12.0. The van der Waals surface area contributed by atoms with Crippen molar-refractivity contribution in [2.24, 2.45) is 5.73 Å². The summed E-state index contributed by atoms with van der Waals surface area (Å²) in [6, 6.07) is 7.73. The number of primary amides is 1. The van der Waals surface area contributed by atoms with Gasteiger partial charge in [-0.15, -0.1) is 0 Å². The quantitative estimate of drug-likeness (QED) is 0.782. The number of carbonyl (C=O) groups excluding carboxylic acids is 1. The summed E-state index contributed by atoms with van der Waals surface area (Å²) < 4.78 is 0. The molecule has 0 radical (unpaired) electrons. The Morgan fingerprint density at radius 1 is 1.12 bits per heavy atom. The summed E-state index contributed by atoms with van der Waals surface area (Å²) in [5.74, 6) is 0.269. The Kier molecular flexibility index (Phi) is 5.03. The zero-order valence-corrected chi connectivity index (χ0v) is 10.2. The Balaban J connectivity index is 2.80. The minimum atomic E-state index is -0.353. The van der Waals surface area contributed by atoms with Crippen molar-refractivity contribution in [1.82, 2.24) is 0 Å². The van der Waals surface area contributed by atoms with Crippen LogP contribution in [0.4, 0.5) is 0 Å². The maximum atomic E-state index is 11.0. The fourth-order valence-corrected chi connectivity index (χ4v) is 2.09. The average molecular weight is 219 g/mol. The van der Waals surface area contributed by atoms with E-state index in [1.165, 1.54) is 31.2 Å². The highest BCUT2D eigenvalue weighted by Gasteiger charge is 2.10. The number of hydrogen-bond donors (Lipinski definition) is 1. The molecule has 0 fully saturated rings. The minimum absolute atomic E-state index is 0.353. The van der Waals surface area contributed by atoms with Crippen LogP contribution in [-0.2, 0) is 0 Å². The molecule has 0 aromatic heterocycles. The molecule has 0 unspecified atom stereocenters. The van der Waals surface area contributed by atoms with E-state index in [1.54, 1.807) is 0 Å². The lowest BCUT2D eigenvalue weighted by Gasteiger charge is -2.15. The first kappa shape index (κ1) is 12.8. The first-order valence-corrected chi connectivity index (χ1v) is 6.08. The summed E-state index contributed by atoms with van der Waals surface area (Å²) >= 11 is 0. The van der Waals surface area contributed by atoms with Crippen LogP contribution in [0.15, 0.2) is 24.3 Å². The standard InChI is InChI=1S/C14H21NO/c1-3-5-11(6-4-2)12-7-9-13(10-8-12)14(15)16/h7-11H,3-6H2,1-2H3,(H2,15,16). The molecule has 88 valence electrons. The lowest BCUT2D eigenvalue weighted by molar-refractivity contribution is 0.100. The van der Waals surface area contributed by atoms with E-state index in [0.717, 1.165) is 0 Å². The third kappa shape index (κ3) is 3.37. The van der Waals surface area contributed by atoms with E-state index in [0.29, 0.717) is 11.5 Å². The van der Waals surface area contributed by atoms with Gasteiger partial charge in [-0.1, -0.05) is 38.8 Å². The van der Waals surface area contributed by atoms with Crippen molar-refractivity contribution < 1.29 is 4.79 Å². The molecule has 0 aliphatic rings. The molecular weight excluding hydrogens is 198 g/mol. The van der Waals surface area contributed by atoms with Gasteiger partial charge >= 0.3 is 0 Å². The second-order valence-corrected chi connectivity index (χ2v) is 4.26. The molecule has 2 nitrogen and oxygen atoms in total. The number of amides is 1. The van der Waals surface area contributed by atoms with Gasteiger partial charge in [0.1, 0.15) is 0 Å². The SMILES string of the molecule is CCCC(CCC)c1ccc(C(N)=O)cc1. The van der Waals surface area contributed by atoms with Crippen LogP contribution in [0.25, 0.3) is 0 Å². The third-order valence-corrected chi connectivity index (χ3v) is 2.94. The molecule has 2 N–H and O–H groups in total. The Labute approximate surface area is 97.9 Å². The lowest BCUT2D eigenvalue weighted by atomic mass is 9.90. The van der Waals surface area contributed by atoms with Gasteiger partial charge in [0.2, 0.25) is 5.91 Å². The van der Waals surface area contributed by atoms with Gasteiger partial charge in [-0.2, -0.15) is 0 Å². The van der Waals surface area contributed by atoms with Crippen LogP contribution >= 0.6 is 0 Å². The average Bonchev–Trinajstić information content (AvgIpc) is 2.29. The van der Waals surface area contributed by atoms with Gasteiger partial charge in [0.15, 0.2) is 0 Å². The molecule has 1 aromatic rings. The summed E-state index contributed by atoms with van der Waals surface area (Å²) in [7, 11) is 0. The first-order valence-electron chi connectivity index (χ1n) is 6.08. The van der Waals surface area contributed by atoms with Gasteiger partial charge in [-0.25, -0.2) is 0 Å². The summed E-state index contributed by atoms with van der Waals surface area (Å²) in [5, 5.41) is 0. The molecule has 0 aliphatic carbocycles. The van der Waals surface area contributed by atoms with E-state index in [-0.39, 0.29) is 5.91 Å². The van der Waals surface area contributed by atoms with E-state index in [2.05, 4.69) is 13.8 Å². The Morgan fingerprint density at radius 3 is 2.00 bits per heavy atom. The third-order valence-electron chi connectivity index (χ3n) is 2.94. The normalized spacial score (nSPS) is 10.7. The molecule has 0 saturated carbocycles. The fourth-order valence-electron chi connectivity index (χ4n) is 2.09. The maximum Gasteiger partial charge on any atom is 0.248 e. The predicted octanol–water partition coefficient (Wildman–Crippen LogP) is 3.47. The van der Waals surface area contributed by atoms with E-state index >= 15 is 0 Å². The van der Waals surface area contributed by atoms with Gasteiger partial charge in [0.05, 0.1) is 0 Å². The van der Waals surface area contributed by atoms with Crippen molar-refractivity contribution in [3.8, 4) is 0 Å². The van der Waals surface area contributed by atoms with Crippen molar-refractivity contribution in [3.63, 3.8) is 0 Å². The number of rotatable bonds is 6. The van der Waals surface area contributed by atoms with Gasteiger partial charge in [-0.3, -0.25) is 4.79 Å². The van der Waals surface area contributed by atoms with E-state index in [9.17, 15) is 4.79 Å². The maximum absolute atomic E-state index is 11.0. The molecule has 1 amide bonds. The van der Waals surface area contributed by atoms with Crippen molar-refractivity contribution >= 4 is 5.91 Å². The molecule has 0 heterocycles. The van der Waals surface area contributed by atoms with Crippen LogP contribution in [0.3, 0.4) is 0 Å². The smallest absolute Gasteiger partial charge is 0.248 e. The van der Waals surface area contributed by atoms with E-state index in [1.807, 2.05) is 24.3 Å². The fraction of sp³-hybridized carbons (Fsp3) is 0.500. The highest BCUT2D eigenvalue weighted by atomic mass is 16.1. The van der Waals surface area contributed by atoms with Crippen LogP contribution < -0.4 is 5.73 Å². The highest BCUT2D eigenvalue weighted by Crippen LogP contribution is 2.26. The van der Waals surface area contributed by atoms with Crippen LogP contribution in [0.5, 0.6) is 0 Å². The van der Waals surface area contributed by atoms with Crippen molar-refractivity contribution in [3.05, 3.63) is 35.4 Å². The molecule has 0 aliphatic heterocycles.